The Labute approximate surface area is 123 Å². The van der Waals surface area contributed by atoms with Crippen molar-refractivity contribution in [2.45, 2.75) is 17.9 Å². The Hall–Kier alpha value is -0.460. The average Bonchev–Trinajstić information content (AvgIpc) is 2.33. The van der Waals surface area contributed by atoms with Crippen LogP contribution in [-0.4, -0.2) is 26.0 Å². The molecular weight excluding hydrogens is 348 g/mol. The van der Waals surface area contributed by atoms with Gasteiger partial charge in [0.25, 0.3) is 0 Å². The third-order valence-corrected chi connectivity index (χ3v) is 3.05. The lowest BCUT2D eigenvalue weighted by Crippen LogP contribution is -2.18. The van der Waals surface area contributed by atoms with Crippen molar-refractivity contribution in [1.82, 2.24) is 0 Å². The van der Waals surface area contributed by atoms with Crippen molar-refractivity contribution in [2.24, 2.45) is 0 Å². The molecule has 0 fully saturated rings. The average molecular weight is 362 g/mol. The molecule has 0 aliphatic rings. The molecule has 0 amide bonds. The van der Waals surface area contributed by atoms with Crippen molar-refractivity contribution in [3.8, 4) is 5.75 Å². The molecule has 108 valence electrons. The Bertz CT molecular complexity index is 399. The molecule has 19 heavy (non-hydrogen) atoms. The van der Waals surface area contributed by atoms with E-state index in [0.29, 0.717) is 22.5 Å². The van der Waals surface area contributed by atoms with Crippen LogP contribution in [0.3, 0.4) is 0 Å². The van der Waals surface area contributed by atoms with Crippen molar-refractivity contribution in [1.29, 1.82) is 0 Å². The van der Waals surface area contributed by atoms with Crippen LogP contribution in [0.25, 0.3) is 0 Å². The predicted octanol–water partition coefficient (Wildman–Crippen LogP) is 4.58. The summed E-state index contributed by atoms with van der Waals surface area (Å²) < 4.78 is 45.1. The lowest BCUT2D eigenvalue weighted by Gasteiger charge is -2.10. The molecule has 0 spiro atoms. The molecule has 7 heteroatoms. The van der Waals surface area contributed by atoms with Gasteiger partial charge in [0.1, 0.15) is 12.4 Å². The highest BCUT2D eigenvalue weighted by Gasteiger charge is 2.27. The van der Waals surface area contributed by atoms with Crippen LogP contribution >= 0.6 is 27.5 Å². The molecule has 0 radical (unpaired) electrons. The molecule has 0 saturated carbocycles. The number of halogens is 5. The van der Waals surface area contributed by atoms with E-state index >= 15 is 0 Å². The second kappa shape index (κ2) is 7.97. The zero-order chi connectivity index (χ0) is 14.3. The van der Waals surface area contributed by atoms with Crippen molar-refractivity contribution in [3.63, 3.8) is 0 Å². The van der Waals surface area contributed by atoms with Gasteiger partial charge in [-0.1, -0.05) is 33.6 Å². The normalized spacial score (nSPS) is 11.6. The Morgan fingerprint density at radius 1 is 1.21 bits per heavy atom. The summed E-state index contributed by atoms with van der Waals surface area (Å²) in [6.07, 6.45) is -3.91. The highest BCUT2D eigenvalue weighted by Crippen LogP contribution is 2.26. The Balaban J connectivity index is 2.23. The molecule has 2 nitrogen and oxygen atoms in total. The van der Waals surface area contributed by atoms with E-state index in [1.807, 2.05) is 6.07 Å². The van der Waals surface area contributed by atoms with E-state index in [1.165, 1.54) is 0 Å². The third kappa shape index (κ3) is 7.03. The Kier molecular flexibility index (Phi) is 6.96. The molecule has 1 aromatic rings. The molecule has 0 unspecified atom stereocenters. The standard InChI is InChI=1S/C12H13BrClF3O2/c13-7-9-2-3-11(10(14)6-9)19-5-1-4-18-8-12(15,16)17/h2-3,6H,1,4-5,7-8H2. The zero-order valence-electron chi connectivity index (χ0n) is 9.97. The van der Waals surface area contributed by atoms with Gasteiger partial charge in [0.2, 0.25) is 0 Å². The highest BCUT2D eigenvalue weighted by molar-refractivity contribution is 9.08. The van der Waals surface area contributed by atoms with Gasteiger partial charge in [-0.05, 0) is 17.7 Å². The fourth-order valence-electron chi connectivity index (χ4n) is 1.28. The van der Waals surface area contributed by atoms with Crippen LogP contribution < -0.4 is 4.74 Å². The number of hydrogen-bond donors (Lipinski definition) is 0. The number of ether oxygens (including phenoxy) is 2. The third-order valence-electron chi connectivity index (χ3n) is 2.11. The lowest BCUT2D eigenvalue weighted by atomic mass is 10.2. The summed E-state index contributed by atoms with van der Waals surface area (Å²) >= 11 is 9.29. The van der Waals surface area contributed by atoms with Gasteiger partial charge in [-0.25, -0.2) is 0 Å². The number of benzene rings is 1. The minimum absolute atomic E-state index is 0.00336. The van der Waals surface area contributed by atoms with E-state index in [2.05, 4.69) is 20.7 Å². The molecule has 0 N–H and O–H groups in total. The minimum Gasteiger partial charge on any atom is -0.492 e. The fraction of sp³-hybridized carbons (Fsp3) is 0.500. The van der Waals surface area contributed by atoms with Crippen LogP contribution in [0.15, 0.2) is 18.2 Å². The second-order valence-electron chi connectivity index (χ2n) is 3.77. The Morgan fingerprint density at radius 3 is 2.53 bits per heavy atom. The van der Waals surface area contributed by atoms with Gasteiger partial charge in [0.05, 0.1) is 18.2 Å². The van der Waals surface area contributed by atoms with E-state index in [-0.39, 0.29) is 13.2 Å². The summed E-state index contributed by atoms with van der Waals surface area (Å²) in [6.45, 7) is -0.977. The fourth-order valence-corrected chi connectivity index (χ4v) is 1.88. The van der Waals surface area contributed by atoms with Crippen LogP contribution in [-0.2, 0) is 10.1 Å². The van der Waals surface area contributed by atoms with E-state index in [4.69, 9.17) is 16.3 Å². The lowest BCUT2D eigenvalue weighted by molar-refractivity contribution is -0.174. The van der Waals surface area contributed by atoms with Gasteiger partial charge >= 0.3 is 6.18 Å². The first-order chi connectivity index (χ1) is 8.92. The van der Waals surface area contributed by atoms with Crippen LogP contribution in [0, 0.1) is 0 Å². The molecule has 0 atom stereocenters. The molecule has 0 aliphatic carbocycles. The SMILES string of the molecule is FC(F)(F)COCCCOc1ccc(CBr)cc1Cl. The second-order valence-corrected chi connectivity index (χ2v) is 4.74. The van der Waals surface area contributed by atoms with Gasteiger partial charge in [0, 0.05) is 11.8 Å². The molecule has 0 heterocycles. The quantitative estimate of drug-likeness (QED) is 0.523. The highest BCUT2D eigenvalue weighted by atomic mass is 79.9. The molecule has 0 bridgehead atoms. The topological polar surface area (TPSA) is 18.5 Å². The number of hydrogen-bond acceptors (Lipinski definition) is 2. The molecule has 0 aromatic heterocycles. The van der Waals surface area contributed by atoms with Crippen LogP contribution in [0.2, 0.25) is 5.02 Å². The summed E-state index contributed by atoms with van der Waals surface area (Å²) in [5.74, 6) is 0.516. The molecular formula is C12H13BrClF3O2. The zero-order valence-corrected chi connectivity index (χ0v) is 12.3. The van der Waals surface area contributed by atoms with Crippen molar-refractivity contribution >= 4 is 27.5 Å². The summed E-state index contributed by atoms with van der Waals surface area (Å²) in [4.78, 5) is 0. The predicted molar refractivity (Wildman–Crippen MR) is 71.1 cm³/mol. The van der Waals surface area contributed by atoms with E-state index in [1.54, 1.807) is 12.1 Å². The van der Waals surface area contributed by atoms with Crippen LogP contribution in [0.5, 0.6) is 5.75 Å². The van der Waals surface area contributed by atoms with Crippen molar-refractivity contribution < 1.29 is 22.6 Å². The van der Waals surface area contributed by atoms with E-state index < -0.39 is 12.8 Å². The number of rotatable bonds is 7. The summed E-state index contributed by atoms with van der Waals surface area (Å²) in [6, 6.07) is 5.36. The molecule has 1 aromatic carbocycles. The minimum atomic E-state index is -4.28. The summed E-state index contributed by atoms with van der Waals surface area (Å²) in [7, 11) is 0. The van der Waals surface area contributed by atoms with Crippen molar-refractivity contribution in [3.05, 3.63) is 28.8 Å². The van der Waals surface area contributed by atoms with Gasteiger partial charge in [0.15, 0.2) is 0 Å². The largest absolute Gasteiger partial charge is 0.492 e. The summed E-state index contributed by atoms with van der Waals surface area (Å²) in [5, 5.41) is 1.17. The monoisotopic (exact) mass is 360 g/mol. The molecule has 0 aliphatic heterocycles. The van der Waals surface area contributed by atoms with E-state index in [9.17, 15) is 13.2 Å². The first-order valence-corrected chi connectivity index (χ1v) is 7.04. The maximum atomic E-state index is 11.8. The van der Waals surface area contributed by atoms with Gasteiger partial charge in [-0.2, -0.15) is 13.2 Å². The van der Waals surface area contributed by atoms with Gasteiger partial charge in [-0.15, -0.1) is 0 Å². The maximum absolute atomic E-state index is 11.8. The summed E-state index contributed by atoms with van der Waals surface area (Å²) in [5.41, 5.74) is 1.02. The molecule has 1 rings (SSSR count). The van der Waals surface area contributed by atoms with E-state index in [0.717, 1.165) is 5.56 Å². The van der Waals surface area contributed by atoms with Gasteiger partial charge in [-0.3, -0.25) is 0 Å². The first kappa shape index (κ1) is 16.6. The van der Waals surface area contributed by atoms with Crippen molar-refractivity contribution in [2.75, 3.05) is 19.8 Å². The van der Waals surface area contributed by atoms with Gasteiger partial charge < -0.3 is 9.47 Å². The maximum Gasteiger partial charge on any atom is 0.411 e. The van der Waals surface area contributed by atoms with Crippen LogP contribution in [0.1, 0.15) is 12.0 Å². The smallest absolute Gasteiger partial charge is 0.411 e. The molecule has 0 saturated heterocycles. The van der Waals surface area contributed by atoms with Crippen LogP contribution in [0.4, 0.5) is 13.2 Å². The Morgan fingerprint density at radius 2 is 1.95 bits per heavy atom. The first-order valence-electron chi connectivity index (χ1n) is 5.54. The number of alkyl halides is 4.